The summed E-state index contributed by atoms with van der Waals surface area (Å²) in [7, 11) is 1.60. The normalized spacial score (nSPS) is 14.9. The Morgan fingerprint density at radius 2 is 1.69 bits per heavy atom. The highest BCUT2D eigenvalue weighted by atomic mass is 16.5. The standard InChI is InChI=1S/C24H32N2O3/c1-5-29-22-11-10-21(16-23(22)28-4)24(27)26-14-12-25(13-15-26)17-19-6-8-20(9-7-19)18(2)3/h6-11,16,18H,5,12-15,17H2,1-4H3. The van der Waals surface area contributed by atoms with Gasteiger partial charge in [0.1, 0.15) is 0 Å². The number of benzene rings is 2. The van der Waals surface area contributed by atoms with Crippen molar-refractivity contribution >= 4 is 5.91 Å². The van der Waals surface area contributed by atoms with Crippen LogP contribution in [0.5, 0.6) is 11.5 Å². The molecule has 1 heterocycles. The first-order valence-electron chi connectivity index (χ1n) is 10.4. The molecule has 0 spiro atoms. The van der Waals surface area contributed by atoms with Crippen LogP contribution in [0.25, 0.3) is 0 Å². The Hall–Kier alpha value is -2.53. The number of carbonyl (C=O) groups excluding carboxylic acids is 1. The molecule has 1 fully saturated rings. The van der Waals surface area contributed by atoms with Crippen molar-refractivity contribution < 1.29 is 14.3 Å². The Kier molecular flexibility index (Phi) is 7.15. The Bertz CT molecular complexity index is 809. The number of ether oxygens (including phenoxy) is 2. The predicted octanol–water partition coefficient (Wildman–Crippen LogP) is 4.18. The minimum Gasteiger partial charge on any atom is -0.493 e. The summed E-state index contributed by atoms with van der Waals surface area (Å²) >= 11 is 0. The third-order valence-electron chi connectivity index (χ3n) is 5.42. The highest BCUT2D eigenvalue weighted by molar-refractivity contribution is 5.95. The van der Waals surface area contributed by atoms with E-state index in [9.17, 15) is 4.79 Å². The molecule has 156 valence electrons. The molecule has 0 bridgehead atoms. The van der Waals surface area contributed by atoms with Gasteiger partial charge in [0.25, 0.3) is 5.91 Å². The number of piperazine rings is 1. The van der Waals surface area contributed by atoms with Crippen LogP contribution in [-0.4, -0.2) is 55.6 Å². The molecule has 5 heteroatoms. The molecule has 2 aromatic carbocycles. The largest absolute Gasteiger partial charge is 0.493 e. The molecule has 1 aliphatic rings. The Morgan fingerprint density at radius 3 is 2.28 bits per heavy atom. The van der Waals surface area contributed by atoms with Crippen LogP contribution >= 0.6 is 0 Å². The fraction of sp³-hybridized carbons (Fsp3) is 0.458. The van der Waals surface area contributed by atoms with Gasteiger partial charge < -0.3 is 14.4 Å². The van der Waals surface area contributed by atoms with Crippen LogP contribution in [0.1, 0.15) is 48.2 Å². The van der Waals surface area contributed by atoms with E-state index < -0.39 is 0 Å². The van der Waals surface area contributed by atoms with Crippen molar-refractivity contribution in [3.8, 4) is 11.5 Å². The van der Waals surface area contributed by atoms with Crippen molar-refractivity contribution in [1.29, 1.82) is 0 Å². The zero-order valence-electron chi connectivity index (χ0n) is 18.0. The molecule has 0 atom stereocenters. The van der Waals surface area contributed by atoms with Crippen molar-refractivity contribution in [1.82, 2.24) is 9.80 Å². The lowest BCUT2D eigenvalue weighted by Gasteiger charge is -2.35. The van der Waals surface area contributed by atoms with E-state index in [1.807, 2.05) is 24.0 Å². The number of nitrogens with zero attached hydrogens (tertiary/aromatic N) is 2. The van der Waals surface area contributed by atoms with Crippen LogP contribution in [0, 0.1) is 0 Å². The van der Waals surface area contributed by atoms with Gasteiger partial charge >= 0.3 is 0 Å². The van der Waals surface area contributed by atoms with E-state index in [2.05, 4.69) is 43.0 Å². The first-order valence-corrected chi connectivity index (χ1v) is 10.4. The quantitative estimate of drug-likeness (QED) is 0.704. The fourth-order valence-electron chi connectivity index (χ4n) is 3.63. The van der Waals surface area contributed by atoms with E-state index in [-0.39, 0.29) is 5.91 Å². The van der Waals surface area contributed by atoms with Crippen molar-refractivity contribution in [2.75, 3.05) is 39.9 Å². The molecule has 3 rings (SSSR count). The number of rotatable bonds is 7. The molecular weight excluding hydrogens is 364 g/mol. The maximum Gasteiger partial charge on any atom is 0.254 e. The summed E-state index contributed by atoms with van der Waals surface area (Å²) in [6.45, 7) is 11.1. The Labute approximate surface area is 174 Å². The third-order valence-corrected chi connectivity index (χ3v) is 5.42. The Balaban J connectivity index is 1.56. The van der Waals surface area contributed by atoms with Crippen LogP contribution in [-0.2, 0) is 6.54 Å². The second-order valence-corrected chi connectivity index (χ2v) is 7.76. The molecule has 2 aromatic rings. The Morgan fingerprint density at radius 1 is 1.00 bits per heavy atom. The van der Waals surface area contributed by atoms with Crippen LogP contribution in [0.15, 0.2) is 42.5 Å². The fourth-order valence-corrected chi connectivity index (χ4v) is 3.63. The summed E-state index contributed by atoms with van der Waals surface area (Å²) in [6, 6.07) is 14.3. The number of methoxy groups -OCH3 is 1. The van der Waals surface area contributed by atoms with Crippen molar-refractivity contribution in [2.45, 2.75) is 33.2 Å². The lowest BCUT2D eigenvalue weighted by atomic mass is 10.0. The average molecular weight is 397 g/mol. The maximum atomic E-state index is 12.9. The topological polar surface area (TPSA) is 42.0 Å². The molecule has 29 heavy (non-hydrogen) atoms. The van der Waals surface area contributed by atoms with Crippen molar-refractivity contribution in [3.05, 3.63) is 59.2 Å². The van der Waals surface area contributed by atoms with Gasteiger partial charge in [0.15, 0.2) is 11.5 Å². The number of carbonyl (C=O) groups is 1. The molecule has 1 saturated heterocycles. The molecule has 0 saturated carbocycles. The van der Waals surface area contributed by atoms with Gasteiger partial charge in [0.2, 0.25) is 0 Å². The van der Waals surface area contributed by atoms with Crippen LogP contribution in [0.4, 0.5) is 0 Å². The van der Waals surface area contributed by atoms with Crippen molar-refractivity contribution in [3.63, 3.8) is 0 Å². The molecule has 0 N–H and O–H groups in total. The van der Waals surface area contributed by atoms with Gasteiger partial charge in [-0.25, -0.2) is 0 Å². The zero-order valence-corrected chi connectivity index (χ0v) is 18.0. The van der Waals surface area contributed by atoms with Gasteiger partial charge in [-0.1, -0.05) is 38.1 Å². The summed E-state index contributed by atoms with van der Waals surface area (Å²) in [5.41, 5.74) is 3.34. The van der Waals surface area contributed by atoms with E-state index in [0.717, 1.165) is 32.7 Å². The summed E-state index contributed by atoms with van der Waals surface area (Å²) in [6.07, 6.45) is 0. The average Bonchev–Trinajstić information content (AvgIpc) is 2.74. The van der Waals surface area contributed by atoms with Crippen LogP contribution < -0.4 is 9.47 Å². The molecule has 0 aromatic heterocycles. The predicted molar refractivity (Wildman–Crippen MR) is 116 cm³/mol. The summed E-state index contributed by atoms with van der Waals surface area (Å²) in [5, 5.41) is 0. The third kappa shape index (κ3) is 5.30. The first kappa shape index (κ1) is 21.2. The second-order valence-electron chi connectivity index (χ2n) is 7.76. The number of hydrogen-bond acceptors (Lipinski definition) is 4. The van der Waals surface area contributed by atoms with Gasteiger partial charge in [-0.2, -0.15) is 0 Å². The SMILES string of the molecule is CCOc1ccc(C(=O)N2CCN(Cc3ccc(C(C)C)cc3)CC2)cc1OC. The minimum atomic E-state index is 0.0484. The van der Waals surface area contributed by atoms with Crippen LogP contribution in [0.3, 0.4) is 0 Å². The minimum absolute atomic E-state index is 0.0484. The highest BCUT2D eigenvalue weighted by Gasteiger charge is 2.23. The van der Waals surface area contributed by atoms with Gasteiger partial charge in [-0.05, 0) is 42.2 Å². The van der Waals surface area contributed by atoms with Gasteiger partial charge in [-0.3, -0.25) is 9.69 Å². The van der Waals surface area contributed by atoms with Gasteiger partial charge in [-0.15, -0.1) is 0 Å². The summed E-state index contributed by atoms with van der Waals surface area (Å²) in [4.78, 5) is 17.2. The van der Waals surface area contributed by atoms with Crippen molar-refractivity contribution in [2.24, 2.45) is 0 Å². The lowest BCUT2D eigenvalue weighted by molar-refractivity contribution is 0.0628. The lowest BCUT2D eigenvalue weighted by Crippen LogP contribution is -2.48. The molecule has 0 aliphatic carbocycles. The monoisotopic (exact) mass is 396 g/mol. The van der Waals surface area contributed by atoms with E-state index in [0.29, 0.717) is 29.6 Å². The van der Waals surface area contributed by atoms with Gasteiger partial charge in [0, 0.05) is 38.3 Å². The summed E-state index contributed by atoms with van der Waals surface area (Å²) in [5.74, 6) is 1.87. The zero-order chi connectivity index (χ0) is 20.8. The van der Waals surface area contributed by atoms with E-state index in [1.54, 1.807) is 13.2 Å². The van der Waals surface area contributed by atoms with E-state index >= 15 is 0 Å². The molecule has 5 nitrogen and oxygen atoms in total. The number of amides is 1. The van der Waals surface area contributed by atoms with Crippen LogP contribution in [0.2, 0.25) is 0 Å². The van der Waals surface area contributed by atoms with Gasteiger partial charge in [0.05, 0.1) is 13.7 Å². The first-order chi connectivity index (χ1) is 14.0. The molecule has 1 aliphatic heterocycles. The summed E-state index contributed by atoms with van der Waals surface area (Å²) < 4.78 is 10.9. The number of hydrogen-bond donors (Lipinski definition) is 0. The molecule has 1 amide bonds. The van der Waals surface area contributed by atoms with E-state index in [4.69, 9.17) is 9.47 Å². The second kappa shape index (κ2) is 9.79. The smallest absolute Gasteiger partial charge is 0.254 e. The molecular formula is C24H32N2O3. The highest BCUT2D eigenvalue weighted by Crippen LogP contribution is 2.28. The maximum absolute atomic E-state index is 12.9. The molecule has 0 unspecified atom stereocenters. The van der Waals surface area contributed by atoms with E-state index in [1.165, 1.54) is 11.1 Å². The molecule has 0 radical (unpaired) electrons.